The van der Waals surface area contributed by atoms with Crippen LogP contribution in [0.5, 0.6) is 0 Å². The zero-order valence-electron chi connectivity index (χ0n) is 32.6. The van der Waals surface area contributed by atoms with Crippen LogP contribution in [0.1, 0.15) is 55.5 Å². The van der Waals surface area contributed by atoms with Gasteiger partial charge in [0.15, 0.2) is 5.78 Å². The van der Waals surface area contributed by atoms with Crippen LogP contribution < -0.4 is 20.9 Å². The number of methoxy groups -OCH3 is 2. The van der Waals surface area contributed by atoms with E-state index in [1.165, 1.54) is 14.2 Å². The third kappa shape index (κ3) is 6.99. The quantitative estimate of drug-likeness (QED) is 0.115. The first-order valence-electron chi connectivity index (χ1n) is 19.4. The maximum atomic E-state index is 14.7. The molecule has 8 rings (SSSR count). The number of anilines is 1. The van der Waals surface area contributed by atoms with Gasteiger partial charge >= 0.3 is 12.2 Å². The van der Waals surface area contributed by atoms with Crippen LogP contribution in [0.2, 0.25) is 0 Å². The van der Waals surface area contributed by atoms with Gasteiger partial charge in [-0.25, -0.2) is 23.9 Å². The van der Waals surface area contributed by atoms with E-state index in [2.05, 4.69) is 30.9 Å². The van der Waals surface area contributed by atoms with Crippen molar-refractivity contribution in [3.8, 4) is 33.6 Å². The third-order valence-electron chi connectivity index (χ3n) is 11.5. The van der Waals surface area contributed by atoms with E-state index in [0.29, 0.717) is 30.8 Å². The fraction of sp³-hybridized carbons (Fsp3) is 0.349. The van der Waals surface area contributed by atoms with Gasteiger partial charge in [0.25, 0.3) is 0 Å². The van der Waals surface area contributed by atoms with E-state index < -0.39 is 41.8 Å². The molecule has 3 amide bonds. The average molecular weight is 789 g/mol. The smallest absolute Gasteiger partial charge is 0.407 e. The van der Waals surface area contributed by atoms with Crippen LogP contribution in [-0.2, 0) is 37.4 Å². The highest BCUT2D eigenvalue weighted by atomic mass is 19.1. The molecule has 58 heavy (non-hydrogen) atoms. The molecule has 3 aliphatic rings. The molecule has 1 fully saturated rings. The standard InChI is InChI=1S/C43H45FN8O6/c1-23(2)35(51-42(56)58-4)37(53)43(19-30(44)20-47-43)40-46-22-33(49-40)27-14-10-25(11-15-27)24-8-12-26(13-9-24)32-21-45-38(48-32)34-18-29-7-5-6-28-16-17-31(50-41(55)57-3)39(54)52(34)36(28)29/h5-15,21-23,30-31,34-35,47H,16-20H2,1-4H3,(H,45,48)(H,46,49)(H,50,55)(H,51,56)/t30-,31+,34+,35+,43-/m1/s1. The van der Waals surface area contributed by atoms with E-state index in [0.717, 1.165) is 44.8 Å². The van der Waals surface area contributed by atoms with E-state index in [1.54, 1.807) is 31.1 Å². The number of alkyl halides is 1. The number of halogens is 1. The van der Waals surface area contributed by atoms with Crippen molar-refractivity contribution < 1.29 is 33.0 Å². The van der Waals surface area contributed by atoms with E-state index >= 15 is 0 Å². The van der Waals surface area contributed by atoms with Crippen LogP contribution in [0.4, 0.5) is 19.7 Å². The number of aromatic nitrogens is 4. The molecule has 5 aromatic rings. The normalized spacial score (nSPS) is 21.7. The SMILES string of the molecule is COC(=O)N[C@H]1CCc2cccc3c2N(C1=O)[C@H](c1ncc(-c2ccc(-c4ccc(-c5cnc([C@]6(C(=O)[C@@H](NC(=O)OC)C(C)C)C[C@@H](F)CN6)[nH]5)cc4)cc2)[nH]1)C3. The van der Waals surface area contributed by atoms with Crippen molar-refractivity contribution in [2.45, 2.75) is 69.4 Å². The van der Waals surface area contributed by atoms with Gasteiger partial charge in [0, 0.05) is 19.4 Å². The number of ketones is 1. The van der Waals surface area contributed by atoms with Crippen LogP contribution in [0.25, 0.3) is 33.6 Å². The monoisotopic (exact) mass is 788 g/mol. The average Bonchev–Trinajstić information content (AvgIpc) is 4.06. The van der Waals surface area contributed by atoms with Crippen molar-refractivity contribution in [2.75, 3.05) is 25.7 Å². The number of hydrogen-bond donors (Lipinski definition) is 5. The minimum Gasteiger partial charge on any atom is -0.453 e. The molecule has 0 aliphatic carbocycles. The maximum Gasteiger partial charge on any atom is 0.407 e. The number of aromatic amines is 2. The number of carbonyl (C=O) groups is 4. The number of imidazole rings is 2. The summed E-state index contributed by atoms with van der Waals surface area (Å²) in [5, 5.41) is 8.40. The van der Waals surface area contributed by atoms with Gasteiger partial charge in [0.1, 0.15) is 29.4 Å². The molecule has 3 aliphatic heterocycles. The molecule has 0 radical (unpaired) electrons. The lowest BCUT2D eigenvalue weighted by Crippen LogP contribution is -2.57. The molecule has 1 saturated heterocycles. The summed E-state index contributed by atoms with van der Waals surface area (Å²) in [4.78, 5) is 69.9. The first kappa shape index (κ1) is 38.5. The Balaban J connectivity index is 0.985. The van der Waals surface area contributed by atoms with Gasteiger partial charge in [-0.1, -0.05) is 80.6 Å². The third-order valence-corrected chi connectivity index (χ3v) is 11.5. The minimum absolute atomic E-state index is 0.0203. The van der Waals surface area contributed by atoms with Gasteiger partial charge in [-0.3, -0.25) is 19.8 Å². The van der Waals surface area contributed by atoms with E-state index in [4.69, 9.17) is 14.5 Å². The predicted molar refractivity (Wildman–Crippen MR) is 213 cm³/mol. The lowest BCUT2D eigenvalue weighted by atomic mass is 9.82. The number of alkyl carbamates (subject to hydrolysis) is 2. The zero-order chi connectivity index (χ0) is 40.7. The second-order valence-corrected chi connectivity index (χ2v) is 15.4. The minimum atomic E-state index is -1.45. The number of carbonyl (C=O) groups excluding carboxylic acids is 4. The number of aryl methyl sites for hydroxylation is 1. The molecular weight excluding hydrogens is 744 g/mol. The molecule has 0 unspecified atom stereocenters. The number of hydrogen-bond acceptors (Lipinski definition) is 9. The molecule has 3 aromatic carbocycles. The van der Waals surface area contributed by atoms with Crippen LogP contribution in [0.15, 0.2) is 79.1 Å². The zero-order valence-corrected chi connectivity index (χ0v) is 32.6. The number of H-pyrrole nitrogens is 2. The molecule has 5 heterocycles. The van der Waals surface area contributed by atoms with Crippen molar-refractivity contribution in [3.05, 3.63) is 102 Å². The molecule has 2 aromatic heterocycles. The van der Waals surface area contributed by atoms with Gasteiger partial charge < -0.3 is 30.1 Å². The molecule has 5 atom stereocenters. The highest BCUT2D eigenvalue weighted by Crippen LogP contribution is 2.45. The summed E-state index contributed by atoms with van der Waals surface area (Å²) in [5.74, 6) is 0.0796. The van der Waals surface area contributed by atoms with Gasteiger partial charge in [0.05, 0.1) is 55.8 Å². The number of nitrogens with zero attached hydrogens (tertiary/aromatic N) is 3. The van der Waals surface area contributed by atoms with E-state index in [9.17, 15) is 23.6 Å². The molecular formula is C43H45FN8O6. The summed E-state index contributed by atoms with van der Waals surface area (Å²) >= 11 is 0. The number of rotatable bonds is 10. The van der Waals surface area contributed by atoms with Crippen molar-refractivity contribution in [2.24, 2.45) is 5.92 Å². The Morgan fingerprint density at radius 1 is 0.862 bits per heavy atom. The highest BCUT2D eigenvalue weighted by molar-refractivity contribution is 6.02. The van der Waals surface area contributed by atoms with Gasteiger partial charge in [-0.2, -0.15) is 0 Å². The van der Waals surface area contributed by atoms with Crippen molar-refractivity contribution in [1.82, 2.24) is 35.9 Å². The molecule has 15 heteroatoms. The molecule has 300 valence electrons. The second kappa shape index (κ2) is 15.5. The molecule has 0 spiro atoms. The Bertz CT molecular complexity index is 2360. The molecule has 14 nitrogen and oxygen atoms in total. The number of para-hydroxylation sites is 1. The predicted octanol–water partition coefficient (Wildman–Crippen LogP) is 5.91. The van der Waals surface area contributed by atoms with Gasteiger partial charge in [-0.05, 0) is 52.1 Å². The van der Waals surface area contributed by atoms with Gasteiger partial charge in [-0.15, -0.1) is 0 Å². The highest BCUT2D eigenvalue weighted by Gasteiger charge is 2.52. The van der Waals surface area contributed by atoms with Crippen LogP contribution in [0.3, 0.4) is 0 Å². The first-order chi connectivity index (χ1) is 28.0. The van der Waals surface area contributed by atoms with Crippen molar-refractivity contribution in [1.29, 1.82) is 0 Å². The first-order valence-corrected chi connectivity index (χ1v) is 19.4. The largest absolute Gasteiger partial charge is 0.453 e. The number of benzene rings is 3. The second-order valence-electron chi connectivity index (χ2n) is 15.4. The fourth-order valence-corrected chi connectivity index (χ4v) is 8.44. The van der Waals surface area contributed by atoms with E-state index in [1.807, 2.05) is 66.7 Å². The lowest BCUT2D eigenvalue weighted by Gasteiger charge is -2.32. The fourth-order valence-electron chi connectivity index (χ4n) is 8.44. The molecule has 0 bridgehead atoms. The van der Waals surface area contributed by atoms with Gasteiger partial charge in [0.2, 0.25) is 5.91 Å². The summed E-state index contributed by atoms with van der Waals surface area (Å²) in [5.41, 5.74) is 6.77. The Morgan fingerprint density at radius 2 is 1.48 bits per heavy atom. The van der Waals surface area contributed by atoms with Crippen molar-refractivity contribution >= 4 is 29.6 Å². The summed E-state index contributed by atoms with van der Waals surface area (Å²) in [6, 6.07) is 20.1. The summed E-state index contributed by atoms with van der Waals surface area (Å²) in [6.45, 7) is 3.59. The Morgan fingerprint density at radius 3 is 2.10 bits per heavy atom. The number of amides is 3. The van der Waals surface area contributed by atoms with Crippen LogP contribution in [-0.4, -0.2) is 82.8 Å². The maximum absolute atomic E-state index is 14.7. The lowest BCUT2D eigenvalue weighted by molar-refractivity contribution is -0.128. The molecule has 0 saturated carbocycles. The molecule has 5 N–H and O–H groups in total. The number of ether oxygens (including phenoxy) is 2. The Hall–Kier alpha value is -6.35. The Kier molecular flexibility index (Phi) is 10.3. The van der Waals surface area contributed by atoms with E-state index in [-0.39, 0.29) is 36.7 Å². The van der Waals surface area contributed by atoms with Crippen LogP contribution in [0, 0.1) is 5.92 Å². The number of nitrogens with one attached hydrogen (secondary N) is 5. The number of Topliss-reactive ketones (excluding diaryl/α,β-unsaturated/α-hetero) is 1. The van der Waals surface area contributed by atoms with Crippen molar-refractivity contribution in [3.63, 3.8) is 0 Å². The topological polar surface area (TPSA) is 183 Å². The summed E-state index contributed by atoms with van der Waals surface area (Å²) in [6.07, 6.45) is 2.35. The van der Waals surface area contributed by atoms with Crippen LogP contribution >= 0.6 is 0 Å². The Labute approximate surface area is 334 Å². The summed E-state index contributed by atoms with van der Waals surface area (Å²) in [7, 11) is 2.51. The summed E-state index contributed by atoms with van der Waals surface area (Å²) < 4.78 is 24.3.